The summed E-state index contributed by atoms with van der Waals surface area (Å²) in [4.78, 5) is 21.8. The van der Waals surface area contributed by atoms with Crippen LogP contribution in [0.4, 0.5) is 5.69 Å². The zero-order chi connectivity index (χ0) is 17.5. The van der Waals surface area contributed by atoms with E-state index in [1.54, 1.807) is 6.33 Å². The molecule has 1 aromatic heterocycles. The topological polar surface area (TPSA) is 61.0 Å². The van der Waals surface area contributed by atoms with Crippen LogP contribution in [0.2, 0.25) is 0 Å². The van der Waals surface area contributed by atoms with Gasteiger partial charge >= 0.3 is 0 Å². The van der Waals surface area contributed by atoms with Gasteiger partial charge in [0.2, 0.25) is 5.91 Å². The number of H-pyrrole nitrogens is 1. The van der Waals surface area contributed by atoms with Gasteiger partial charge < -0.3 is 15.2 Å². The summed E-state index contributed by atoms with van der Waals surface area (Å²) in [6.45, 7) is 5.10. The fourth-order valence-corrected chi connectivity index (χ4v) is 3.40. The largest absolute Gasteiger partial charge is 0.348 e. The highest BCUT2D eigenvalue weighted by molar-refractivity contribution is 5.90. The molecular weight excluding hydrogens is 312 g/mol. The van der Waals surface area contributed by atoms with E-state index in [1.807, 2.05) is 37.4 Å². The molecule has 2 aromatic rings. The van der Waals surface area contributed by atoms with E-state index in [4.69, 9.17) is 0 Å². The number of carbonyl (C=O) groups is 1. The van der Waals surface area contributed by atoms with Crippen LogP contribution in [0.1, 0.15) is 36.9 Å². The Morgan fingerprint density at radius 1 is 1.28 bits per heavy atom. The number of aromatic nitrogens is 2. The number of likely N-dealkylation sites (tertiary alicyclic amines) is 1. The average Bonchev–Trinajstić information content (AvgIpc) is 3.15. The summed E-state index contributed by atoms with van der Waals surface area (Å²) >= 11 is 0. The predicted octanol–water partition coefficient (Wildman–Crippen LogP) is 3.39. The Kier molecular flexibility index (Phi) is 6.23. The maximum absolute atomic E-state index is 12.1. The van der Waals surface area contributed by atoms with Gasteiger partial charge in [-0.2, -0.15) is 0 Å². The van der Waals surface area contributed by atoms with Crippen molar-refractivity contribution in [2.75, 3.05) is 25.0 Å². The number of hydrogen-bond donors (Lipinski definition) is 2. The fraction of sp³-hybridized carbons (Fsp3) is 0.500. The van der Waals surface area contributed by atoms with Crippen LogP contribution in [-0.4, -0.2) is 40.4 Å². The first-order chi connectivity index (χ1) is 12.2. The summed E-state index contributed by atoms with van der Waals surface area (Å²) in [5.41, 5.74) is 3.32. The lowest BCUT2D eigenvalue weighted by atomic mass is 9.91. The number of aryl methyl sites for hydroxylation is 2. The van der Waals surface area contributed by atoms with E-state index in [-0.39, 0.29) is 5.91 Å². The molecule has 134 valence electrons. The molecule has 0 atom stereocenters. The summed E-state index contributed by atoms with van der Waals surface area (Å²) in [7, 11) is 0. The summed E-state index contributed by atoms with van der Waals surface area (Å²) in [6, 6.07) is 7.95. The van der Waals surface area contributed by atoms with Crippen LogP contribution < -0.4 is 5.32 Å². The molecule has 5 nitrogen and oxygen atoms in total. The molecule has 1 saturated heterocycles. The van der Waals surface area contributed by atoms with E-state index in [1.165, 1.54) is 30.5 Å². The molecule has 0 saturated carbocycles. The minimum absolute atomic E-state index is 0.102. The lowest BCUT2D eigenvalue weighted by Crippen LogP contribution is -2.35. The fourth-order valence-electron chi connectivity index (χ4n) is 3.40. The molecule has 0 aliphatic carbocycles. The first kappa shape index (κ1) is 17.7. The van der Waals surface area contributed by atoms with Crippen molar-refractivity contribution in [1.29, 1.82) is 0 Å². The Labute approximate surface area is 149 Å². The lowest BCUT2D eigenvalue weighted by molar-refractivity contribution is -0.116. The summed E-state index contributed by atoms with van der Waals surface area (Å²) in [5.74, 6) is 0.895. The van der Waals surface area contributed by atoms with Crippen LogP contribution in [0.25, 0.3) is 0 Å². The van der Waals surface area contributed by atoms with E-state index in [2.05, 4.69) is 20.2 Å². The number of aromatic amines is 1. The monoisotopic (exact) mass is 340 g/mol. The highest BCUT2D eigenvalue weighted by Gasteiger charge is 2.19. The van der Waals surface area contributed by atoms with Crippen molar-refractivity contribution in [3.05, 3.63) is 48.0 Å². The number of amides is 1. The molecule has 5 heteroatoms. The Bertz CT molecular complexity index is 643. The molecule has 1 aliphatic rings. The second-order valence-electron chi connectivity index (χ2n) is 7.06. The van der Waals surface area contributed by atoms with Crippen LogP contribution in [0.15, 0.2) is 36.8 Å². The van der Waals surface area contributed by atoms with Crippen molar-refractivity contribution in [3.63, 3.8) is 0 Å². The summed E-state index contributed by atoms with van der Waals surface area (Å²) in [6.07, 6.45) is 9.00. The van der Waals surface area contributed by atoms with E-state index in [9.17, 15) is 4.79 Å². The summed E-state index contributed by atoms with van der Waals surface area (Å²) in [5, 5.41) is 2.98. The molecule has 0 unspecified atom stereocenters. The standard InChI is InChI=1S/C20H28N4O/c1-16-2-5-18(6-3-16)23-20(25)10-13-24-11-8-17(9-12-24)4-7-19-14-21-15-22-19/h2-3,5-6,14-15,17H,4,7-13H2,1H3,(H,21,22)(H,23,25). The molecular formula is C20H28N4O. The Morgan fingerprint density at radius 3 is 2.72 bits per heavy atom. The van der Waals surface area contributed by atoms with Crippen molar-refractivity contribution >= 4 is 11.6 Å². The first-order valence-corrected chi connectivity index (χ1v) is 9.25. The van der Waals surface area contributed by atoms with Crippen molar-refractivity contribution in [2.24, 2.45) is 5.92 Å². The normalized spacial score (nSPS) is 16.0. The molecule has 0 spiro atoms. The third-order valence-electron chi connectivity index (χ3n) is 5.07. The molecule has 0 bridgehead atoms. The van der Waals surface area contributed by atoms with E-state index < -0.39 is 0 Å². The second kappa shape index (κ2) is 8.81. The van der Waals surface area contributed by atoms with Crippen LogP contribution in [0, 0.1) is 12.8 Å². The van der Waals surface area contributed by atoms with Gasteiger partial charge in [-0.05, 0) is 63.7 Å². The van der Waals surface area contributed by atoms with Crippen LogP contribution in [0.3, 0.4) is 0 Å². The molecule has 2 N–H and O–H groups in total. The number of rotatable bonds is 7. The van der Waals surface area contributed by atoms with Gasteiger partial charge in [-0.25, -0.2) is 4.98 Å². The highest BCUT2D eigenvalue weighted by Crippen LogP contribution is 2.22. The number of piperidine rings is 1. The Balaban J connectivity index is 1.32. The second-order valence-corrected chi connectivity index (χ2v) is 7.06. The van der Waals surface area contributed by atoms with Crippen LogP contribution in [-0.2, 0) is 11.2 Å². The van der Waals surface area contributed by atoms with Gasteiger partial charge in [-0.3, -0.25) is 4.79 Å². The van der Waals surface area contributed by atoms with Gasteiger partial charge in [-0.1, -0.05) is 17.7 Å². The first-order valence-electron chi connectivity index (χ1n) is 9.25. The minimum atomic E-state index is 0.102. The average molecular weight is 340 g/mol. The van der Waals surface area contributed by atoms with E-state index >= 15 is 0 Å². The number of nitrogens with one attached hydrogen (secondary N) is 2. The smallest absolute Gasteiger partial charge is 0.225 e. The van der Waals surface area contributed by atoms with Gasteiger partial charge in [0.25, 0.3) is 0 Å². The Morgan fingerprint density at radius 2 is 2.04 bits per heavy atom. The zero-order valence-corrected chi connectivity index (χ0v) is 15.0. The molecule has 0 radical (unpaired) electrons. The molecule has 1 aromatic carbocycles. The highest BCUT2D eigenvalue weighted by atomic mass is 16.1. The van der Waals surface area contributed by atoms with Crippen molar-refractivity contribution in [2.45, 2.75) is 39.0 Å². The van der Waals surface area contributed by atoms with E-state index in [0.717, 1.165) is 37.7 Å². The lowest BCUT2D eigenvalue weighted by Gasteiger charge is -2.31. The molecule has 2 heterocycles. The minimum Gasteiger partial charge on any atom is -0.348 e. The number of benzene rings is 1. The number of carbonyl (C=O) groups excluding carboxylic acids is 1. The molecule has 3 rings (SSSR count). The number of imidazole rings is 1. The predicted molar refractivity (Wildman–Crippen MR) is 100 cm³/mol. The third-order valence-corrected chi connectivity index (χ3v) is 5.07. The van der Waals surface area contributed by atoms with Crippen molar-refractivity contribution < 1.29 is 4.79 Å². The quantitative estimate of drug-likeness (QED) is 0.812. The zero-order valence-electron chi connectivity index (χ0n) is 15.0. The molecule has 1 aliphatic heterocycles. The van der Waals surface area contributed by atoms with Crippen molar-refractivity contribution in [1.82, 2.24) is 14.9 Å². The van der Waals surface area contributed by atoms with Crippen LogP contribution >= 0.6 is 0 Å². The van der Waals surface area contributed by atoms with Gasteiger partial charge in [0.1, 0.15) is 0 Å². The van der Waals surface area contributed by atoms with Gasteiger partial charge in [0.05, 0.1) is 6.33 Å². The Hall–Kier alpha value is -2.14. The van der Waals surface area contributed by atoms with Gasteiger partial charge in [-0.15, -0.1) is 0 Å². The summed E-state index contributed by atoms with van der Waals surface area (Å²) < 4.78 is 0. The maximum Gasteiger partial charge on any atom is 0.225 e. The van der Waals surface area contributed by atoms with E-state index in [0.29, 0.717) is 6.42 Å². The van der Waals surface area contributed by atoms with Crippen molar-refractivity contribution in [3.8, 4) is 0 Å². The van der Waals surface area contributed by atoms with Gasteiger partial charge in [0, 0.05) is 30.5 Å². The number of hydrogen-bond acceptors (Lipinski definition) is 3. The number of nitrogens with zero attached hydrogens (tertiary/aromatic N) is 2. The molecule has 25 heavy (non-hydrogen) atoms. The maximum atomic E-state index is 12.1. The number of anilines is 1. The molecule has 1 amide bonds. The van der Waals surface area contributed by atoms with Gasteiger partial charge in [0.15, 0.2) is 0 Å². The third kappa shape index (κ3) is 5.71. The van der Waals surface area contributed by atoms with Crippen LogP contribution in [0.5, 0.6) is 0 Å². The molecule has 1 fully saturated rings. The SMILES string of the molecule is Cc1ccc(NC(=O)CCN2CCC(CCc3cnc[nH]3)CC2)cc1.